The molecule has 12 heavy (non-hydrogen) atoms. The molecule has 1 saturated carbocycles. The van der Waals surface area contributed by atoms with Crippen LogP contribution in [0.4, 0.5) is 0 Å². The van der Waals surface area contributed by atoms with E-state index in [-0.39, 0.29) is 11.5 Å². The Kier molecular flexibility index (Phi) is 1.51. The molecule has 0 bridgehead atoms. The fourth-order valence-electron chi connectivity index (χ4n) is 1.86. The van der Waals surface area contributed by atoms with Crippen molar-refractivity contribution in [1.29, 1.82) is 0 Å². The lowest BCUT2D eigenvalue weighted by atomic mass is 9.97. The van der Waals surface area contributed by atoms with E-state index in [1.54, 1.807) is 6.33 Å². The molecule has 1 fully saturated rings. The molecule has 0 spiro atoms. The monoisotopic (exact) mass is 166 g/mol. The SMILES string of the molecule is CC(O)C1(c2cncn2C)CC1. The van der Waals surface area contributed by atoms with Gasteiger partial charge in [0, 0.05) is 24.4 Å². The van der Waals surface area contributed by atoms with E-state index in [0.717, 1.165) is 18.5 Å². The maximum atomic E-state index is 9.60. The third-order valence-electron chi connectivity index (χ3n) is 2.92. The van der Waals surface area contributed by atoms with Gasteiger partial charge in [0.1, 0.15) is 0 Å². The van der Waals surface area contributed by atoms with Crippen molar-refractivity contribution in [2.45, 2.75) is 31.3 Å². The molecule has 0 amide bonds. The average molecular weight is 166 g/mol. The molecule has 3 heteroatoms. The van der Waals surface area contributed by atoms with Gasteiger partial charge in [0.2, 0.25) is 0 Å². The van der Waals surface area contributed by atoms with E-state index in [0.29, 0.717) is 0 Å². The predicted octanol–water partition coefficient (Wildman–Crippen LogP) is 0.833. The van der Waals surface area contributed by atoms with Crippen LogP contribution in [-0.2, 0) is 12.5 Å². The van der Waals surface area contributed by atoms with E-state index in [4.69, 9.17) is 0 Å². The van der Waals surface area contributed by atoms with Crippen molar-refractivity contribution in [2.75, 3.05) is 0 Å². The topological polar surface area (TPSA) is 38.1 Å². The number of imidazole rings is 1. The second kappa shape index (κ2) is 2.33. The Bertz CT molecular complexity index is 286. The minimum Gasteiger partial charge on any atom is -0.392 e. The fourth-order valence-corrected chi connectivity index (χ4v) is 1.86. The van der Waals surface area contributed by atoms with Gasteiger partial charge in [-0.05, 0) is 19.8 Å². The summed E-state index contributed by atoms with van der Waals surface area (Å²) in [5.74, 6) is 0. The zero-order valence-electron chi connectivity index (χ0n) is 7.49. The van der Waals surface area contributed by atoms with E-state index < -0.39 is 0 Å². The molecule has 1 aromatic heterocycles. The smallest absolute Gasteiger partial charge is 0.0945 e. The number of aromatic nitrogens is 2. The van der Waals surface area contributed by atoms with Gasteiger partial charge in [0.05, 0.1) is 12.4 Å². The van der Waals surface area contributed by atoms with Crippen molar-refractivity contribution in [3.8, 4) is 0 Å². The summed E-state index contributed by atoms with van der Waals surface area (Å²) in [7, 11) is 1.98. The van der Waals surface area contributed by atoms with Gasteiger partial charge in [-0.3, -0.25) is 0 Å². The maximum Gasteiger partial charge on any atom is 0.0945 e. The molecule has 2 rings (SSSR count). The average Bonchev–Trinajstić information content (AvgIpc) is 2.71. The van der Waals surface area contributed by atoms with E-state index in [1.807, 2.05) is 24.7 Å². The summed E-state index contributed by atoms with van der Waals surface area (Å²) in [5, 5.41) is 9.60. The van der Waals surface area contributed by atoms with Crippen LogP contribution in [0.1, 0.15) is 25.5 Å². The van der Waals surface area contributed by atoms with Crippen LogP contribution in [0.25, 0.3) is 0 Å². The van der Waals surface area contributed by atoms with Crippen molar-refractivity contribution in [3.63, 3.8) is 0 Å². The Balaban J connectivity index is 2.36. The van der Waals surface area contributed by atoms with Crippen molar-refractivity contribution < 1.29 is 5.11 Å². The first-order valence-electron chi connectivity index (χ1n) is 4.32. The molecule has 1 atom stereocenters. The van der Waals surface area contributed by atoms with Crippen LogP contribution in [0.2, 0.25) is 0 Å². The van der Waals surface area contributed by atoms with Crippen LogP contribution >= 0.6 is 0 Å². The van der Waals surface area contributed by atoms with E-state index >= 15 is 0 Å². The third-order valence-corrected chi connectivity index (χ3v) is 2.92. The van der Waals surface area contributed by atoms with Crippen LogP contribution in [0.3, 0.4) is 0 Å². The van der Waals surface area contributed by atoms with E-state index in [9.17, 15) is 5.11 Å². The third kappa shape index (κ3) is 0.894. The van der Waals surface area contributed by atoms with E-state index in [2.05, 4.69) is 4.98 Å². The highest BCUT2D eigenvalue weighted by molar-refractivity contribution is 5.25. The fraction of sp³-hybridized carbons (Fsp3) is 0.667. The highest BCUT2D eigenvalue weighted by atomic mass is 16.3. The highest BCUT2D eigenvalue weighted by Gasteiger charge is 2.50. The van der Waals surface area contributed by atoms with Crippen LogP contribution in [0, 0.1) is 0 Å². The predicted molar refractivity (Wildman–Crippen MR) is 45.8 cm³/mol. The Morgan fingerprint density at radius 2 is 2.33 bits per heavy atom. The minimum absolute atomic E-state index is 0.0191. The minimum atomic E-state index is -0.257. The summed E-state index contributed by atoms with van der Waals surface area (Å²) >= 11 is 0. The zero-order valence-corrected chi connectivity index (χ0v) is 7.49. The number of aliphatic hydroxyl groups excluding tert-OH is 1. The molecular weight excluding hydrogens is 152 g/mol. The summed E-state index contributed by atoms with van der Waals surface area (Å²) in [4.78, 5) is 4.06. The molecular formula is C9H14N2O. The number of aryl methyl sites for hydroxylation is 1. The van der Waals surface area contributed by atoms with Crippen LogP contribution in [-0.4, -0.2) is 20.8 Å². The molecule has 1 aliphatic rings. The number of aliphatic hydroxyl groups is 1. The molecule has 1 aliphatic carbocycles. The lowest BCUT2D eigenvalue weighted by molar-refractivity contribution is 0.147. The van der Waals surface area contributed by atoms with Crippen LogP contribution in [0.5, 0.6) is 0 Å². The second-order valence-corrected chi connectivity index (χ2v) is 3.72. The van der Waals surface area contributed by atoms with E-state index in [1.165, 1.54) is 0 Å². The second-order valence-electron chi connectivity index (χ2n) is 3.72. The first kappa shape index (κ1) is 7.80. The lowest BCUT2D eigenvalue weighted by Gasteiger charge is -2.18. The molecule has 0 aromatic carbocycles. The summed E-state index contributed by atoms with van der Waals surface area (Å²) in [5.41, 5.74) is 1.18. The Morgan fingerprint density at radius 1 is 1.67 bits per heavy atom. The van der Waals surface area contributed by atoms with Crippen LogP contribution in [0.15, 0.2) is 12.5 Å². The highest BCUT2D eigenvalue weighted by Crippen LogP contribution is 2.50. The van der Waals surface area contributed by atoms with Gasteiger partial charge >= 0.3 is 0 Å². The van der Waals surface area contributed by atoms with Gasteiger partial charge in [0.25, 0.3) is 0 Å². The zero-order chi connectivity index (χ0) is 8.77. The Morgan fingerprint density at radius 3 is 2.67 bits per heavy atom. The van der Waals surface area contributed by atoms with Gasteiger partial charge in [-0.2, -0.15) is 0 Å². The number of hydrogen-bond donors (Lipinski definition) is 1. The van der Waals surface area contributed by atoms with Gasteiger partial charge in [-0.25, -0.2) is 4.98 Å². The standard InChI is InChI=1S/C9H14N2O/c1-7(12)9(3-4-9)8-5-10-6-11(8)2/h5-7,12H,3-4H2,1-2H3. The van der Waals surface area contributed by atoms with Crippen molar-refractivity contribution >= 4 is 0 Å². The number of nitrogens with zero attached hydrogens (tertiary/aromatic N) is 2. The molecule has 3 nitrogen and oxygen atoms in total. The van der Waals surface area contributed by atoms with Gasteiger partial charge in [0.15, 0.2) is 0 Å². The van der Waals surface area contributed by atoms with Crippen molar-refractivity contribution in [1.82, 2.24) is 9.55 Å². The molecule has 0 saturated heterocycles. The molecule has 0 aliphatic heterocycles. The lowest BCUT2D eigenvalue weighted by Crippen LogP contribution is -2.24. The number of rotatable bonds is 2. The molecule has 0 radical (unpaired) electrons. The Labute approximate surface area is 72.0 Å². The summed E-state index contributed by atoms with van der Waals surface area (Å²) in [6, 6.07) is 0. The molecule has 66 valence electrons. The summed E-state index contributed by atoms with van der Waals surface area (Å²) in [6.07, 6.45) is 5.57. The van der Waals surface area contributed by atoms with Gasteiger partial charge in [-0.1, -0.05) is 0 Å². The normalized spacial score (nSPS) is 22.2. The molecule has 1 unspecified atom stereocenters. The van der Waals surface area contributed by atoms with Gasteiger partial charge in [-0.15, -0.1) is 0 Å². The summed E-state index contributed by atoms with van der Waals surface area (Å²) in [6.45, 7) is 1.86. The maximum absolute atomic E-state index is 9.60. The van der Waals surface area contributed by atoms with Crippen molar-refractivity contribution in [3.05, 3.63) is 18.2 Å². The Hall–Kier alpha value is -0.830. The quantitative estimate of drug-likeness (QED) is 0.706. The van der Waals surface area contributed by atoms with Crippen molar-refractivity contribution in [2.24, 2.45) is 7.05 Å². The first-order valence-corrected chi connectivity index (χ1v) is 4.32. The first-order chi connectivity index (χ1) is 5.67. The number of hydrogen-bond acceptors (Lipinski definition) is 2. The van der Waals surface area contributed by atoms with Gasteiger partial charge < -0.3 is 9.67 Å². The molecule has 1 N–H and O–H groups in total. The molecule has 1 aromatic rings. The van der Waals surface area contributed by atoms with Crippen LogP contribution < -0.4 is 0 Å². The largest absolute Gasteiger partial charge is 0.392 e. The summed E-state index contributed by atoms with van der Waals surface area (Å²) < 4.78 is 2.00. The molecule has 1 heterocycles.